The number of carbonyl (C=O) groups is 4. The Kier molecular flexibility index (Phi) is 42.7. The molecule has 0 spiro atoms. The Morgan fingerprint density at radius 1 is 0.791 bits per heavy atom. The quantitative estimate of drug-likeness (QED) is 0.0882. The van der Waals surface area contributed by atoms with E-state index in [1.807, 2.05) is 6.92 Å². The summed E-state index contributed by atoms with van der Waals surface area (Å²) in [4.78, 5) is 56.3. The summed E-state index contributed by atoms with van der Waals surface area (Å²) in [6.45, 7) is 9.88. The molecule has 0 saturated heterocycles. The van der Waals surface area contributed by atoms with Crippen LogP contribution >= 0.6 is 0 Å². The summed E-state index contributed by atoms with van der Waals surface area (Å²) in [5, 5.41) is 11.3. The first-order valence-corrected chi connectivity index (χ1v) is 22.9. The SMILES string of the molecule is CCCN.CCNCCC(=O)NC(CCN)C(=O)NC(CC1CCCCC1)C(=O)NC(C(N)=O)C(C)C.[CH3][Sb].[CH3][Sb].[CH3][Sb]. The van der Waals surface area contributed by atoms with Crippen molar-refractivity contribution >= 4 is 92.7 Å². The molecule has 252 valence electrons. The molecule has 11 nitrogen and oxygen atoms in total. The topological polar surface area (TPSA) is 194 Å². The van der Waals surface area contributed by atoms with Crippen molar-refractivity contribution in [1.82, 2.24) is 21.3 Å². The second kappa shape index (κ2) is 36.7. The number of rotatable bonds is 16. The monoisotopic (exact) mass is 935 g/mol. The molecular formula is C29H62N7O4Sb3. The van der Waals surface area contributed by atoms with Crippen molar-refractivity contribution in [3.63, 3.8) is 0 Å². The van der Waals surface area contributed by atoms with E-state index in [-0.39, 0.29) is 31.2 Å². The zero-order valence-electron chi connectivity index (χ0n) is 27.8. The van der Waals surface area contributed by atoms with Gasteiger partial charge in [0.2, 0.25) is 23.6 Å². The number of hydrogen-bond acceptors (Lipinski definition) is 7. The van der Waals surface area contributed by atoms with E-state index in [0.717, 1.165) is 45.2 Å². The van der Waals surface area contributed by atoms with Gasteiger partial charge in [-0.1, -0.05) is 59.8 Å². The van der Waals surface area contributed by atoms with Crippen molar-refractivity contribution in [3.05, 3.63) is 0 Å². The van der Waals surface area contributed by atoms with Gasteiger partial charge >= 0.3 is 83.7 Å². The van der Waals surface area contributed by atoms with Crippen molar-refractivity contribution in [2.45, 2.75) is 118 Å². The van der Waals surface area contributed by atoms with Crippen LogP contribution in [-0.2, 0) is 19.2 Å². The fraction of sp³-hybridized carbons (Fsp3) is 0.862. The molecule has 3 atom stereocenters. The molecule has 10 N–H and O–H groups in total. The Labute approximate surface area is 304 Å². The summed E-state index contributed by atoms with van der Waals surface area (Å²) >= 11 is 5.25. The zero-order valence-corrected chi connectivity index (χ0v) is 35.4. The number of hydrogen-bond donors (Lipinski definition) is 7. The van der Waals surface area contributed by atoms with Crippen LogP contribution in [0.25, 0.3) is 0 Å². The molecule has 0 bridgehead atoms. The van der Waals surface area contributed by atoms with Gasteiger partial charge in [0.05, 0.1) is 0 Å². The van der Waals surface area contributed by atoms with Crippen LogP contribution in [-0.4, -0.2) is 137 Å². The normalized spacial score (nSPS) is 14.3. The van der Waals surface area contributed by atoms with Gasteiger partial charge in [-0.25, -0.2) is 0 Å². The van der Waals surface area contributed by atoms with Crippen LogP contribution in [0, 0.1) is 11.8 Å². The van der Waals surface area contributed by atoms with Gasteiger partial charge in [-0.3, -0.25) is 19.2 Å². The third-order valence-corrected chi connectivity index (χ3v) is 6.37. The zero-order chi connectivity index (χ0) is 34.2. The fourth-order valence-electron chi connectivity index (χ4n) is 4.16. The first-order chi connectivity index (χ1) is 20.6. The number of primary amides is 1. The van der Waals surface area contributed by atoms with Crippen LogP contribution in [0.5, 0.6) is 0 Å². The predicted molar refractivity (Wildman–Crippen MR) is 182 cm³/mol. The van der Waals surface area contributed by atoms with E-state index in [2.05, 4.69) is 42.8 Å². The minimum atomic E-state index is -0.831. The second-order valence-corrected chi connectivity index (χ2v) is 10.0. The fourth-order valence-corrected chi connectivity index (χ4v) is 4.16. The van der Waals surface area contributed by atoms with E-state index in [9.17, 15) is 19.2 Å². The van der Waals surface area contributed by atoms with Crippen LogP contribution in [0.15, 0.2) is 0 Å². The molecular weight excluding hydrogens is 876 g/mol. The third kappa shape index (κ3) is 28.2. The van der Waals surface area contributed by atoms with Crippen molar-refractivity contribution in [2.75, 3.05) is 26.2 Å². The standard InChI is InChI=1S/C23H44N6O4.C3H9N.3CH3.3Sb/c1-4-26-13-11-19(30)27-17(10-12-24)22(32)28-18(14-16-8-6-5-7-9-16)23(33)29-20(15(2)3)21(25)31;1-2-3-4;;;;;;/h15-18,20,26H,4-14,24H2,1-3H3,(H2,25,31)(H,27,30)(H,28,32)(H,29,33);2-4H2,1H3;3*1H3;;;. The van der Waals surface area contributed by atoms with Crippen molar-refractivity contribution in [3.8, 4) is 0 Å². The van der Waals surface area contributed by atoms with E-state index in [0.29, 0.717) is 18.9 Å². The number of carbonyl (C=O) groups excluding carboxylic acids is 4. The Bertz CT molecular complexity index is 684. The van der Waals surface area contributed by atoms with Gasteiger partial charge in [0.25, 0.3) is 0 Å². The average Bonchev–Trinajstić information content (AvgIpc) is 3.02. The van der Waals surface area contributed by atoms with Gasteiger partial charge in [0, 0.05) is 13.0 Å². The molecule has 1 aliphatic carbocycles. The molecule has 0 aliphatic heterocycles. The van der Waals surface area contributed by atoms with Gasteiger partial charge in [0.1, 0.15) is 18.1 Å². The summed E-state index contributed by atoms with van der Waals surface area (Å²) in [5.74, 6) is -1.63. The van der Waals surface area contributed by atoms with Crippen LogP contribution in [0.1, 0.15) is 85.5 Å². The van der Waals surface area contributed by atoms with Crippen LogP contribution < -0.4 is 38.5 Å². The van der Waals surface area contributed by atoms with Gasteiger partial charge in [-0.05, 0) is 50.7 Å². The van der Waals surface area contributed by atoms with Crippen molar-refractivity contribution in [2.24, 2.45) is 29.0 Å². The van der Waals surface area contributed by atoms with Gasteiger partial charge < -0.3 is 38.5 Å². The van der Waals surface area contributed by atoms with E-state index in [4.69, 9.17) is 17.2 Å². The maximum atomic E-state index is 13.1. The number of nitrogens with one attached hydrogen (secondary N) is 4. The molecule has 1 fully saturated rings. The molecule has 1 rings (SSSR count). The molecule has 0 aromatic carbocycles. The maximum absolute atomic E-state index is 13.1. The summed E-state index contributed by atoms with van der Waals surface area (Å²) in [6, 6.07) is -2.48. The molecule has 4 amide bonds. The van der Waals surface area contributed by atoms with E-state index >= 15 is 0 Å². The molecule has 0 aromatic heterocycles. The second-order valence-electron chi connectivity index (χ2n) is 10.0. The Morgan fingerprint density at radius 3 is 1.72 bits per heavy atom. The van der Waals surface area contributed by atoms with Gasteiger partial charge in [-0.15, -0.1) is 0 Å². The van der Waals surface area contributed by atoms with E-state index in [1.165, 1.54) is 6.42 Å². The van der Waals surface area contributed by atoms with E-state index in [1.54, 1.807) is 82.9 Å². The van der Waals surface area contributed by atoms with E-state index < -0.39 is 35.8 Å². The molecule has 0 aromatic rings. The molecule has 0 heterocycles. The molecule has 1 aliphatic rings. The first kappa shape index (κ1) is 50.1. The summed E-state index contributed by atoms with van der Waals surface area (Å²) in [7, 11) is 0. The first-order valence-electron chi connectivity index (χ1n) is 15.2. The Morgan fingerprint density at radius 2 is 1.30 bits per heavy atom. The predicted octanol–water partition coefficient (Wildman–Crippen LogP) is 0.865. The average molecular weight is 938 g/mol. The Balaban J connectivity index is -0.000000673. The molecule has 6 radical (unpaired) electrons. The van der Waals surface area contributed by atoms with Crippen LogP contribution in [0.4, 0.5) is 0 Å². The molecule has 43 heavy (non-hydrogen) atoms. The Hall–Kier alpha value is 0.215. The molecule has 3 unspecified atom stereocenters. The van der Waals surface area contributed by atoms with Crippen molar-refractivity contribution < 1.29 is 19.2 Å². The summed E-state index contributed by atoms with van der Waals surface area (Å²) in [5.41, 5.74) is 16.1. The summed E-state index contributed by atoms with van der Waals surface area (Å²) in [6.07, 6.45) is 7.43. The number of nitrogens with two attached hydrogens (primary N) is 3. The molecule has 1 saturated carbocycles. The van der Waals surface area contributed by atoms with Gasteiger partial charge in [0.15, 0.2) is 0 Å². The minimum absolute atomic E-state index is 0.182. The van der Waals surface area contributed by atoms with Crippen molar-refractivity contribution in [1.29, 1.82) is 0 Å². The van der Waals surface area contributed by atoms with Gasteiger partial charge in [-0.2, -0.15) is 0 Å². The van der Waals surface area contributed by atoms with Crippen LogP contribution in [0.3, 0.4) is 0 Å². The van der Waals surface area contributed by atoms with Crippen LogP contribution in [0.2, 0.25) is 14.6 Å². The molecule has 14 heteroatoms. The third-order valence-electron chi connectivity index (χ3n) is 6.37. The summed E-state index contributed by atoms with van der Waals surface area (Å²) < 4.78 is 0. The number of amides is 4.